The van der Waals surface area contributed by atoms with Crippen LogP contribution in [-0.2, 0) is 10.3 Å². The lowest BCUT2D eigenvalue weighted by Crippen LogP contribution is -2.33. The molecule has 186 valence electrons. The van der Waals surface area contributed by atoms with Crippen molar-refractivity contribution in [2.24, 2.45) is 0 Å². The van der Waals surface area contributed by atoms with Gasteiger partial charge in [0.05, 0.1) is 14.2 Å². The Hall–Kier alpha value is -3.08. The fraction of sp³-hybridized carbons (Fsp3) is 0.355. The summed E-state index contributed by atoms with van der Waals surface area (Å²) in [5, 5.41) is 8.87. The summed E-state index contributed by atoms with van der Waals surface area (Å²) < 4.78 is 17.7. The molecule has 0 aliphatic heterocycles. The molecule has 0 aliphatic carbocycles. The predicted octanol–water partition coefficient (Wildman–Crippen LogP) is 6.90. The normalized spacial score (nSPS) is 11.6. The van der Waals surface area contributed by atoms with Crippen LogP contribution >= 0.6 is 0 Å². The average Bonchev–Trinajstić information content (AvgIpc) is 2.93. The SMILES string of the molecule is COc1ccc(C(OCCCCC/C=C/CCCO)(c2ccccc2)c2ccc(OC)cc2)cc1. The van der Waals surface area contributed by atoms with E-state index >= 15 is 0 Å². The van der Waals surface area contributed by atoms with Gasteiger partial charge in [-0.1, -0.05) is 73.2 Å². The minimum Gasteiger partial charge on any atom is -0.497 e. The van der Waals surface area contributed by atoms with Crippen LogP contribution in [0.15, 0.2) is 91.0 Å². The van der Waals surface area contributed by atoms with Crippen LogP contribution in [-0.4, -0.2) is 32.5 Å². The molecular weight excluding hydrogens is 436 g/mol. The van der Waals surface area contributed by atoms with Crippen LogP contribution in [0, 0.1) is 0 Å². The molecular formula is C31H38O4. The number of aliphatic hydroxyl groups is 1. The lowest BCUT2D eigenvalue weighted by Gasteiger charge is -2.36. The number of aliphatic hydroxyl groups excluding tert-OH is 1. The Balaban J connectivity index is 1.84. The van der Waals surface area contributed by atoms with Crippen LogP contribution < -0.4 is 9.47 Å². The van der Waals surface area contributed by atoms with Gasteiger partial charge in [-0.05, 0) is 73.1 Å². The Kier molecular flexibility index (Phi) is 10.9. The minimum atomic E-state index is -0.746. The van der Waals surface area contributed by atoms with Gasteiger partial charge in [0.25, 0.3) is 0 Å². The molecule has 0 amide bonds. The lowest BCUT2D eigenvalue weighted by molar-refractivity contribution is 0.0106. The Labute approximate surface area is 210 Å². The smallest absolute Gasteiger partial charge is 0.143 e. The average molecular weight is 475 g/mol. The van der Waals surface area contributed by atoms with Gasteiger partial charge in [-0.15, -0.1) is 0 Å². The minimum absolute atomic E-state index is 0.257. The number of allylic oxidation sites excluding steroid dienone is 2. The van der Waals surface area contributed by atoms with Gasteiger partial charge in [0.2, 0.25) is 0 Å². The quantitative estimate of drug-likeness (QED) is 0.148. The molecule has 0 aromatic heterocycles. The summed E-state index contributed by atoms with van der Waals surface area (Å²) in [6.07, 6.45) is 10.4. The first-order valence-corrected chi connectivity index (χ1v) is 12.5. The molecule has 0 radical (unpaired) electrons. The van der Waals surface area contributed by atoms with E-state index in [0.29, 0.717) is 6.61 Å². The zero-order valence-electron chi connectivity index (χ0n) is 21.0. The number of hydrogen-bond acceptors (Lipinski definition) is 4. The largest absolute Gasteiger partial charge is 0.497 e. The molecule has 0 spiro atoms. The monoisotopic (exact) mass is 474 g/mol. The molecule has 3 aromatic rings. The molecule has 0 saturated carbocycles. The molecule has 0 fully saturated rings. The molecule has 0 saturated heterocycles. The number of methoxy groups -OCH3 is 2. The third kappa shape index (κ3) is 7.20. The highest BCUT2D eigenvalue weighted by Crippen LogP contribution is 2.41. The Morgan fingerprint density at radius 1 is 0.629 bits per heavy atom. The van der Waals surface area contributed by atoms with Gasteiger partial charge in [-0.2, -0.15) is 0 Å². The van der Waals surface area contributed by atoms with Crippen molar-refractivity contribution in [1.82, 2.24) is 0 Å². The maximum atomic E-state index is 8.87. The van der Waals surface area contributed by atoms with Crippen molar-refractivity contribution < 1.29 is 19.3 Å². The number of rotatable bonds is 15. The molecule has 0 aliphatic rings. The van der Waals surface area contributed by atoms with Crippen LogP contribution in [0.3, 0.4) is 0 Å². The van der Waals surface area contributed by atoms with Crippen molar-refractivity contribution in [3.05, 3.63) is 108 Å². The van der Waals surface area contributed by atoms with Crippen LogP contribution in [0.2, 0.25) is 0 Å². The van der Waals surface area contributed by atoms with E-state index in [0.717, 1.165) is 66.7 Å². The van der Waals surface area contributed by atoms with Gasteiger partial charge >= 0.3 is 0 Å². The number of unbranched alkanes of at least 4 members (excludes halogenated alkanes) is 4. The van der Waals surface area contributed by atoms with Crippen molar-refractivity contribution in [3.63, 3.8) is 0 Å². The second-order valence-electron chi connectivity index (χ2n) is 8.54. The summed E-state index contributed by atoms with van der Waals surface area (Å²) in [7, 11) is 3.36. The number of hydrogen-bond donors (Lipinski definition) is 1. The van der Waals surface area contributed by atoms with Crippen molar-refractivity contribution in [2.45, 2.75) is 44.1 Å². The number of ether oxygens (including phenoxy) is 3. The molecule has 0 bridgehead atoms. The molecule has 4 heteroatoms. The van der Waals surface area contributed by atoms with Gasteiger partial charge < -0.3 is 19.3 Å². The molecule has 3 aromatic carbocycles. The first-order valence-electron chi connectivity index (χ1n) is 12.5. The summed E-state index contributed by atoms with van der Waals surface area (Å²) in [6.45, 7) is 0.897. The van der Waals surface area contributed by atoms with E-state index in [1.165, 1.54) is 0 Å². The Bertz CT molecular complexity index is 947. The summed E-state index contributed by atoms with van der Waals surface area (Å²) >= 11 is 0. The van der Waals surface area contributed by atoms with Gasteiger partial charge in [0.1, 0.15) is 17.1 Å². The van der Waals surface area contributed by atoms with E-state index in [1.807, 2.05) is 30.3 Å². The molecule has 1 N–H and O–H groups in total. The second kappa shape index (κ2) is 14.3. The molecule has 3 rings (SSSR count). The summed E-state index contributed by atoms with van der Waals surface area (Å²) in [6, 6.07) is 26.7. The second-order valence-corrected chi connectivity index (χ2v) is 8.54. The Morgan fingerprint density at radius 3 is 1.66 bits per heavy atom. The first-order chi connectivity index (χ1) is 17.2. The summed E-state index contributed by atoms with van der Waals surface area (Å²) in [5.74, 6) is 1.63. The maximum absolute atomic E-state index is 8.87. The molecule has 0 atom stereocenters. The van der Waals surface area contributed by atoms with Crippen LogP contribution in [0.25, 0.3) is 0 Å². The molecule has 0 heterocycles. The van der Waals surface area contributed by atoms with E-state index in [-0.39, 0.29) is 6.61 Å². The maximum Gasteiger partial charge on any atom is 0.143 e. The highest BCUT2D eigenvalue weighted by atomic mass is 16.5. The molecule has 35 heavy (non-hydrogen) atoms. The lowest BCUT2D eigenvalue weighted by atomic mass is 9.80. The molecule has 0 unspecified atom stereocenters. The summed E-state index contributed by atoms with van der Waals surface area (Å²) in [4.78, 5) is 0. The molecule has 4 nitrogen and oxygen atoms in total. The zero-order chi connectivity index (χ0) is 24.8. The van der Waals surface area contributed by atoms with Gasteiger partial charge in [-0.3, -0.25) is 0 Å². The van der Waals surface area contributed by atoms with Crippen molar-refractivity contribution in [3.8, 4) is 11.5 Å². The van der Waals surface area contributed by atoms with Crippen LogP contribution in [0.4, 0.5) is 0 Å². The highest BCUT2D eigenvalue weighted by Gasteiger charge is 2.37. The fourth-order valence-corrected chi connectivity index (χ4v) is 4.29. The van der Waals surface area contributed by atoms with Gasteiger partial charge in [-0.25, -0.2) is 0 Å². The predicted molar refractivity (Wildman–Crippen MR) is 142 cm³/mol. The highest BCUT2D eigenvalue weighted by molar-refractivity contribution is 5.49. The van der Waals surface area contributed by atoms with Crippen LogP contribution in [0.1, 0.15) is 55.2 Å². The van der Waals surface area contributed by atoms with Crippen molar-refractivity contribution in [2.75, 3.05) is 27.4 Å². The topological polar surface area (TPSA) is 47.9 Å². The first kappa shape index (κ1) is 26.5. The van der Waals surface area contributed by atoms with Crippen LogP contribution in [0.5, 0.6) is 11.5 Å². The number of benzene rings is 3. The van der Waals surface area contributed by atoms with Crippen molar-refractivity contribution >= 4 is 0 Å². The zero-order valence-corrected chi connectivity index (χ0v) is 21.0. The summed E-state index contributed by atoms with van der Waals surface area (Å²) in [5.41, 5.74) is 2.45. The van der Waals surface area contributed by atoms with E-state index in [9.17, 15) is 0 Å². The fourth-order valence-electron chi connectivity index (χ4n) is 4.29. The van der Waals surface area contributed by atoms with Crippen molar-refractivity contribution in [1.29, 1.82) is 0 Å². The van der Waals surface area contributed by atoms with Gasteiger partial charge in [0.15, 0.2) is 0 Å². The third-order valence-corrected chi connectivity index (χ3v) is 6.20. The van der Waals surface area contributed by atoms with Gasteiger partial charge in [0, 0.05) is 13.2 Å². The Morgan fingerprint density at radius 2 is 1.14 bits per heavy atom. The third-order valence-electron chi connectivity index (χ3n) is 6.20. The van der Waals surface area contributed by atoms with E-state index < -0.39 is 5.60 Å². The standard InChI is InChI=1S/C31H38O4/c1-33-29-20-16-27(17-21-29)31(26-14-10-9-11-15-26,28-18-22-30(34-2)23-19-28)35-25-13-8-6-4-3-5-7-12-24-32/h3,5,9-11,14-23,32H,4,6-8,12-13,24-25H2,1-2H3/b5-3+. The van der Waals surface area contributed by atoms with E-state index in [1.54, 1.807) is 14.2 Å². The van der Waals surface area contributed by atoms with E-state index in [2.05, 4.69) is 60.7 Å². The van der Waals surface area contributed by atoms with E-state index in [4.69, 9.17) is 19.3 Å².